The maximum atomic E-state index is 12.8. The van der Waals surface area contributed by atoms with Crippen LogP contribution < -0.4 is 5.32 Å². The summed E-state index contributed by atoms with van der Waals surface area (Å²) in [6.07, 6.45) is 5.47. The van der Waals surface area contributed by atoms with Crippen LogP contribution in [0.15, 0.2) is 40.0 Å². The molecule has 1 saturated carbocycles. The number of benzene rings is 1. The van der Waals surface area contributed by atoms with E-state index in [1.807, 2.05) is 30.3 Å². The van der Waals surface area contributed by atoms with Crippen molar-refractivity contribution in [3.63, 3.8) is 0 Å². The van der Waals surface area contributed by atoms with Crippen molar-refractivity contribution in [2.24, 2.45) is 5.92 Å². The molecule has 3 rings (SSSR count). The SMILES string of the molecule is CC(C)S(=O)(=O)c1nnc([C@H](Cc2ccccc2)NC(=O)C2CCCCC2)o1. The van der Waals surface area contributed by atoms with Crippen LogP contribution in [0.3, 0.4) is 0 Å². The van der Waals surface area contributed by atoms with Gasteiger partial charge in [-0.3, -0.25) is 4.79 Å². The van der Waals surface area contributed by atoms with Crippen LogP contribution >= 0.6 is 0 Å². The molecule has 1 aliphatic carbocycles. The minimum Gasteiger partial charge on any atom is -0.410 e. The molecular weight excluding hydrogens is 378 g/mol. The van der Waals surface area contributed by atoms with Crippen molar-refractivity contribution in [2.45, 2.75) is 68.9 Å². The Hall–Kier alpha value is -2.22. The number of nitrogens with one attached hydrogen (secondary N) is 1. The minimum atomic E-state index is -3.66. The zero-order valence-electron chi connectivity index (χ0n) is 16.3. The second kappa shape index (κ2) is 8.86. The fourth-order valence-electron chi connectivity index (χ4n) is 3.38. The Morgan fingerprint density at radius 1 is 1.14 bits per heavy atom. The quantitative estimate of drug-likeness (QED) is 0.759. The number of sulfone groups is 1. The van der Waals surface area contributed by atoms with Crippen LogP contribution in [-0.2, 0) is 21.1 Å². The van der Waals surface area contributed by atoms with Gasteiger partial charge in [-0.05, 0) is 32.3 Å². The predicted molar refractivity (Wildman–Crippen MR) is 104 cm³/mol. The molecule has 0 saturated heterocycles. The van der Waals surface area contributed by atoms with Gasteiger partial charge in [0.25, 0.3) is 0 Å². The molecule has 28 heavy (non-hydrogen) atoms. The number of hydrogen-bond acceptors (Lipinski definition) is 6. The number of hydrogen-bond donors (Lipinski definition) is 1. The van der Waals surface area contributed by atoms with Crippen molar-refractivity contribution in [3.05, 3.63) is 41.8 Å². The number of rotatable bonds is 7. The van der Waals surface area contributed by atoms with E-state index in [0.717, 1.165) is 37.7 Å². The molecule has 1 heterocycles. The molecule has 1 aliphatic rings. The first-order chi connectivity index (χ1) is 13.4. The van der Waals surface area contributed by atoms with Crippen molar-refractivity contribution < 1.29 is 17.6 Å². The van der Waals surface area contributed by atoms with Crippen LogP contribution in [0, 0.1) is 5.92 Å². The monoisotopic (exact) mass is 405 g/mol. The fraction of sp³-hybridized carbons (Fsp3) is 0.550. The lowest BCUT2D eigenvalue weighted by Crippen LogP contribution is -2.36. The van der Waals surface area contributed by atoms with Gasteiger partial charge in [0.15, 0.2) is 0 Å². The van der Waals surface area contributed by atoms with Crippen LogP contribution in [0.5, 0.6) is 0 Å². The Balaban J connectivity index is 1.83. The van der Waals surface area contributed by atoms with Crippen molar-refractivity contribution >= 4 is 15.7 Å². The molecule has 1 N–H and O–H groups in total. The van der Waals surface area contributed by atoms with Gasteiger partial charge in [-0.2, -0.15) is 0 Å². The predicted octanol–water partition coefficient (Wildman–Crippen LogP) is 3.23. The highest BCUT2D eigenvalue weighted by Crippen LogP contribution is 2.26. The van der Waals surface area contributed by atoms with Crippen LogP contribution in [0.2, 0.25) is 0 Å². The first-order valence-corrected chi connectivity index (χ1v) is 11.3. The van der Waals surface area contributed by atoms with Crippen LogP contribution in [-0.4, -0.2) is 29.8 Å². The van der Waals surface area contributed by atoms with Crippen LogP contribution in [0.25, 0.3) is 0 Å². The molecular formula is C20H27N3O4S. The third kappa shape index (κ3) is 4.79. The van der Waals surface area contributed by atoms with Gasteiger partial charge in [0.05, 0.1) is 5.25 Å². The van der Waals surface area contributed by atoms with Crippen molar-refractivity contribution in [3.8, 4) is 0 Å². The summed E-state index contributed by atoms with van der Waals surface area (Å²) in [7, 11) is -3.66. The molecule has 1 aromatic carbocycles. The Morgan fingerprint density at radius 3 is 2.46 bits per heavy atom. The summed E-state index contributed by atoms with van der Waals surface area (Å²) in [5.74, 6) is 0.0631. The second-order valence-electron chi connectivity index (χ2n) is 7.59. The zero-order valence-corrected chi connectivity index (χ0v) is 17.1. The highest BCUT2D eigenvalue weighted by Gasteiger charge is 2.30. The molecule has 7 nitrogen and oxygen atoms in total. The van der Waals surface area contributed by atoms with Crippen LogP contribution in [0.4, 0.5) is 0 Å². The highest BCUT2D eigenvalue weighted by molar-refractivity contribution is 7.91. The molecule has 0 bridgehead atoms. The van der Waals surface area contributed by atoms with E-state index in [-0.39, 0.29) is 17.7 Å². The standard InChI is InChI=1S/C20H27N3O4S/c1-14(2)28(25,26)20-23-22-19(27-20)17(13-15-9-5-3-6-10-15)21-18(24)16-11-7-4-8-12-16/h3,5-6,9-10,14,16-17H,4,7-8,11-13H2,1-2H3,(H,21,24)/t17-/m0/s1. The summed E-state index contributed by atoms with van der Waals surface area (Å²) in [5, 5.41) is 9.64. The smallest absolute Gasteiger partial charge is 0.335 e. The number of aromatic nitrogens is 2. The van der Waals surface area contributed by atoms with Gasteiger partial charge in [-0.1, -0.05) is 54.7 Å². The summed E-state index contributed by atoms with van der Waals surface area (Å²) in [4.78, 5) is 12.8. The van der Waals surface area contributed by atoms with E-state index < -0.39 is 26.4 Å². The summed E-state index contributed by atoms with van der Waals surface area (Å²) >= 11 is 0. The van der Waals surface area contributed by atoms with E-state index >= 15 is 0 Å². The fourth-order valence-corrected chi connectivity index (χ4v) is 4.14. The number of carbonyl (C=O) groups excluding carboxylic acids is 1. The molecule has 1 atom stereocenters. The Morgan fingerprint density at radius 2 is 1.82 bits per heavy atom. The van der Waals surface area contributed by atoms with Gasteiger partial charge in [0.2, 0.25) is 21.6 Å². The van der Waals surface area contributed by atoms with Crippen molar-refractivity contribution in [2.75, 3.05) is 0 Å². The van der Waals surface area contributed by atoms with E-state index in [4.69, 9.17) is 4.42 Å². The van der Waals surface area contributed by atoms with Gasteiger partial charge in [0, 0.05) is 12.3 Å². The zero-order chi connectivity index (χ0) is 20.1. The van der Waals surface area contributed by atoms with Crippen LogP contribution in [0.1, 0.15) is 63.4 Å². The lowest BCUT2D eigenvalue weighted by Gasteiger charge is -2.23. The Bertz CT molecular complexity index is 887. The molecule has 2 aromatic rings. The highest BCUT2D eigenvalue weighted by atomic mass is 32.2. The van der Waals surface area contributed by atoms with E-state index in [1.54, 1.807) is 13.8 Å². The Labute approximate surface area is 165 Å². The lowest BCUT2D eigenvalue weighted by atomic mass is 9.88. The van der Waals surface area contributed by atoms with E-state index in [2.05, 4.69) is 15.5 Å². The second-order valence-corrected chi connectivity index (χ2v) is 9.97. The Kier molecular flexibility index (Phi) is 6.49. The normalized spacial score (nSPS) is 16.8. The van der Waals surface area contributed by atoms with Gasteiger partial charge >= 0.3 is 5.22 Å². The van der Waals surface area contributed by atoms with E-state index in [1.165, 1.54) is 0 Å². The average Bonchev–Trinajstić information content (AvgIpc) is 3.20. The molecule has 8 heteroatoms. The largest absolute Gasteiger partial charge is 0.410 e. The number of amides is 1. The number of carbonyl (C=O) groups is 1. The third-order valence-corrected chi connectivity index (χ3v) is 7.05. The molecule has 0 radical (unpaired) electrons. The van der Waals surface area contributed by atoms with Crippen molar-refractivity contribution in [1.82, 2.24) is 15.5 Å². The summed E-state index contributed by atoms with van der Waals surface area (Å²) < 4.78 is 30.1. The topological polar surface area (TPSA) is 102 Å². The molecule has 0 unspecified atom stereocenters. The summed E-state index contributed by atoms with van der Waals surface area (Å²) in [6, 6.07) is 9.07. The molecule has 1 aromatic heterocycles. The summed E-state index contributed by atoms with van der Waals surface area (Å²) in [6.45, 7) is 3.12. The molecule has 1 fully saturated rings. The molecule has 152 valence electrons. The average molecular weight is 406 g/mol. The minimum absolute atomic E-state index is 0.0196. The van der Waals surface area contributed by atoms with Crippen molar-refractivity contribution in [1.29, 1.82) is 0 Å². The van der Waals surface area contributed by atoms with Gasteiger partial charge in [0.1, 0.15) is 6.04 Å². The molecule has 1 amide bonds. The number of nitrogens with zero attached hydrogens (tertiary/aromatic N) is 2. The first-order valence-electron chi connectivity index (χ1n) is 9.79. The maximum absolute atomic E-state index is 12.8. The maximum Gasteiger partial charge on any atom is 0.335 e. The van der Waals surface area contributed by atoms with Gasteiger partial charge in [-0.25, -0.2) is 8.42 Å². The lowest BCUT2D eigenvalue weighted by molar-refractivity contribution is -0.126. The van der Waals surface area contributed by atoms with Gasteiger partial charge in [-0.15, -0.1) is 5.10 Å². The van der Waals surface area contributed by atoms with E-state index in [9.17, 15) is 13.2 Å². The van der Waals surface area contributed by atoms with Gasteiger partial charge < -0.3 is 9.73 Å². The van der Waals surface area contributed by atoms with E-state index in [0.29, 0.717) is 6.42 Å². The molecule has 0 aliphatic heterocycles. The summed E-state index contributed by atoms with van der Waals surface area (Å²) in [5.41, 5.74) is 0.989. The first kappa shape index (κ1) is 20.5. The third-order valence-electron chi connectivity index (χ3n) is 5.16. The molecule has 0 spiro atoms.